The van der Waals surface area contributed by atoms with Crippen LogP contribution >= 0.6 is 0 Å². The van der Waals surface area contributed by atoms with Crippen molar-refractivity contribution in [2.45, 2.75) is 71.4 Å². The zero-order chi connectivity index (χ0) is 36.7. The monoisotopic (exact) mass is 716 g/mol. The van der Waals surface area contributed by atoms with E-state index >= 15 is 0 Å². The number of hydrogen-bond acceptors (Lipinski definition) is 10. The summed E-state index contributed by atoms with van der Waals surface area (Å²) in [7, 11) is 0.948. The number of hydroxylamine groups is 2. The highest BCUT2D eigenvalue weighted by molar-refractivity contribution is 7.85. The molecular weight excluding hydrogens is 664 g/mol. The molecule has 0 radical (unpaired) electrons. The number of carbonyl (C=O) groups is 2. The Labute approximate surface area is 295 Å². The fourth-order valence-electron chi connectivity index (χ4n) is 8.38. The number of para-hydroxylation sites is 1. The summed E-state index contributed by atoms with van der Waals surface area (Å²) in [6.45, 7) is 7.89. The van der Waals surface area contributed by atoms with Gasteiger partial charge in [0.2, 0.25) is 5.91 Å². The van der Waals surface area contributed by atoms with Crippen LogP contribution in [0.2, 0.25) is 0 Å². The quantitative estimate of drug-likeness (QED) is 0.193. The fraction of sp³-hybridized carbons (Fsp3) is 0.611. The van der Waals surface area contributed by atoms with Gasteiger partial charge in [-0.05, 0) is 66.7 Å². The van der Waals surface area contributed by atoms with Gasteiger partial charge in [-0.2, -0.15) is 13.5 Å². The molecule has 4 fully saturated rings. The van der Waals surface area contributed by atoms with Crippen LogP contribution < -0.4 is 20.3 Å². The van der Waals surface area contributed by atoms with E-state index in [2.05, 4.69) is 31.4 Å². The third-order valence-corrected chi connectivity index (χ3v) is 12.1. The van der Waals surface area contributed by atoms with Crippen LogP contribution in [0.4, 0.5) is 5.69 Å². The first kappa shape index (κ1) is 38.0. The third-order valence-electron chi connectivity index (χ3n) is 11.3. The first-order valence-electron chi connectivity index (χ1n) is 17.2. The van der Waals surface area contributed by atoms with E-state index in [4.69, 9.17) is 14.1 Å². The smallest absolute Gasteiger partial charge is 0.266 e. The molecule has 13 nitrogen and oxygen atoms in total. The van der Waals surface area contributed by atoms with Gasteiger partial charge < -0.3 is 30.5 Å². The number of aliphatic hydroxyl groups excluding tert-OH is 2. The lowest BCUT2D eigenvalue weighted by Gasteiger charge is -2.62. The van der Waals surface area contributed by atoms with Crippen LogP contribution in [0.3, 0.4) is 0 Å². The molecule has 2 bridgehead atoms. The Morgan fingerprint density at radius 3 is 2.48 bits per heavy atom. The minimum absolute atomic E-state index is 0.00484. The molecule has 2 amide bonds. The van der Waals surface area contributed by atoms with Crippen molar-refractivity contribution in [2.75, 3.05) is 45.0 Å². The second kappa shape index (κ2) is 14.8. The average molecular weight is 717 g/mol. The molecule has 4 aliphatic rings. The third kappa shape index (κ3) is 7.65. The first-order chi connectivity index (χ1) is 23.5. The van der Waals surface area contributed by atoms with Crippen molar-refractivity contribution in [3.8, 4) is 16.9 Å². The van der Waals surface area contributed by atoms with Gasteiger partial charge in [-0.1, -0.05) is 39.0 Å². The second-order valence-corrected chi connectivity index (χ2v) is 16.5. The van der Waals surface area contributed by atoms with Crippen molar-refractivity contribution in [1.29, 1.82) is 0 Å². The van der Waals surface area contributed by atoms with Crippen molar-refractivity contribution in [3.05, 3.63) is 47.5 Å². The number of aliphatic hydroxyl groups is 2. The molecule has 2 aromatic rings. The molecule has 2 aromatic carbocycles. The summed E-state index contributed by atoms with van der Waals surface area (Å²) in [6, 6.07) is 9.89. The average Bonchev–Trinajstić information content (AvgIpc) is 3.43. The highest BCUT2D eigenvalue weighted by Crippen LogP contribution is 2.61. The molecule has 14 heteroatoms. The maximum atomic E-state index is 14.1. The molecule has 1 aliphatic heterocycles. The number of methoxy groups -OCH3 is 1. The Kier molecular flexibility index (Phi) is 11.2. The summed E-state index contributed by atoms with van der Waals surface area (Å²) in [5.41, 5.74) is 3.22. The Hall–Kier alpha value is -3.27. The van der Waals surface area contributed by atoms with Crippen molar-refractivity contribution < 1.29 is 42.3 Å². The lowest BCUT2D eigenvalue weighted by atomic mass is 9.45. The van der Waals surface area contributed by atoms with E-state index in [1.54, 1.807) is 19.1 Å². The molecule has 8 atom stereocenters. The number of benzene rings is 2. The molecular formula is C36H52N4O9S. The van der Waals surface area contributed by atoms with Gasteiger partial charge in [0.05, 0.1) is 32.1 Å². The highest BCUT2D eigenvalue weighted by atomic mass is 32.2. The van der Waals surface area contributed by atoms with Crippen LogP contribution in [0, 0.1) is 29.1 Å². The number of anilines is 1. The largest absolute Gasteiger partial charge is 0.496 e. The van der Waals surface area contributed by atoms with Gasteiger partial charge in [0.25, 0.3) is 16.0 Å². The summed E-state index contributed by atoms with van der Waals surface area (Å²) < 4.78 is 37.3. The van der Waals surface area contributed by atoms with E-state index in [0.717, 1.165) is 6.42 Å². The number of nitrogens with one attached hydrogen (secondary N) is 2. The standard InChI is InChI=1S/C36H52N4O9S/c1-20-28-16-25(36(28,3)4)17-29(20)38-35(44)32-31(21(2)42)30(19-41)49-40(32)18-22-9-8-10-27(33(22)48-7)23-13-24(15-26(14-23)39(5)6)34(43)37-11-12-50(45,46)47/h8-10,13-15,20-21,25,28-32,41-42H,11-12,16-19H2,1-7H3,(H,37,43)(H,38,44)(H,45,46,47)/t20-,21-,25+,28-,29-,30-,31+,32-/m0/s1. The Balaban J connectivity index is 1.44. The van der Waals surface area contributed by atoms with Gasteiger partial charge in [-0.25, -0.2) is 0 Å². The van der Waals surface area contributed by atoms with Crippen molar-refractivity contribution in [3.63, 3.8) is 0 Å². The lowest BCUT2D eigenvalue weighted by molar-refractivity contribution is -0.183. The summed E-state index contributed by atoms with van der Waals surface area (Å²) in [4.78, 5) is 35.2. The molecule has 276 valence electrons. The maximum absolute atomic E-state index is 14.1. The minimum Gasteiger partial charge on any atom is -0.496 e. The van der Waals surface area contributed by atoms with E-state index in [0.29, 0.717) is 45.9 Å². The van der Waals surface area contributed by atoms with Crippen LogP contribution in [0.1, 0.15) is 56.5 Å². The molecule has 0 unspecified atom stereocenters. The van der Waals surface area contributed by atoms with Gasteiger partial charge >= 0.3 is 0 Å². The molecule has 3 aliphatic carbocycles. The van der Waals surface area contributed by atoms with Crippen LogP contribution in [-0.2, 0) is 26.3 Å². The Morgan fingerprint density at radius 1 is 1.18 bits per heavy atom. The number of fused-ring (bicyclic) bond motifs is 2. The highest BCUT2D eigenvalue weighted by Gasteiger charge is 2.57. The van der Waals surface area contributed by atoms with Gasteiger partial charge in [0.15, 0.2) is 0 Å². The van der Waals surface area contributed by atoms with E-state index in [-0.39, 0.29) is 42.6 Å². The first-order valence-corrected chi connectivity index (χ1v) is 18.8. The number of hydrogen-bond donors (Lipinski definition) is 5. The molecule has 5 N–H and O–H groups in total. The molecule has 1 saturated heterocycles. The predicted octanol–water partition coefficient (Wildman–Crippen LogP) is 2.71. The number of nitrogens with zero attached hydrogens (tertiary/aromatic N) is 2. The van der Waals surface area contributed by atoms with E-state index < -0.39 is 45.9 Å². The number of rotatable bonds is 13. The summed E-state index contributed by atoms with van der Waals surface area (Å²) in [5.74, 6) is -0.200. The van der Waals surface area contributed by atoms with Gasteiger partial charge in [-0.15, -0.1) is 0 Å². The minimum atomic E-state index is -4.24. The summed E-state index contributed by atoms with van der Waals surface area (Å²) >= 11 is 0. The maximum Gasteiger partial charge on any atom is 0.266 e. The predicted molar refractivity (Wildman–Crippen MR) is 189 cm³/mol. The molecule has 0 aromatic heterocycles. The van der Waals surface area contributed by atoms with Crippen LogP contribution in [0.25, 0.3) is 11.1 Å². The fourth-order valence-corrected chi connectivity index (χ4v) is 8.74. The van der Waals surface area contributed by atoms with Crippen LogP contribution in [0.15, 0.2) is 36.4 Å². The lowest BCUT2D eigenvalue weighted by Crippen LogP contribution is -2.62. The Bertz CT molecular complexity index is 1680. The van der Waals surface area contributed by atoms with Gasteiger partial charge in [-0.3, -0.25) is 19.0 Å². The van der Waals surface area contributed by atoms with Crippen molar-refractivity contribution in [1.82, 2.24) is 15.7 Å². The van der Waals surface area contributed by atoms with Gasteiger partial charge in [0.1, 0.15) is 17.9 Å². The molecule has 1 heterocycles. The van der Waals surface area contributed by atoms with Crippen molar-refractivity contribution in [2.24, 2.45) is 29.1 Å². The van der Waals surface area contributed by atoms with E-state index in [1.165, 1.54) is 18.6 Å². The van der Waals surface area contributed by atoms with Crippen molar-refractivity contribution >= 4 is 27.6 Å². The molecule has 50 heavy (non-hydrogen) atoms. The Morgan fingerprint density at radius 2 is 1.90 bits per heavy atom. The van der Waals surface area contributed by atoms with E-state index in [1.807, 2.05) is 43.3 Å². The summed E-state index contributed by atoms with van der Waals surface area (Å²) in [6.07, 6.45) is 0.341. The van der Waals surface area contributed by atoms with Crippen LogP contribution in [-0.4, -0.2) is 104 Å². The van der Waals surface area contributed by atoms with Crippen LogP contribution in [0.5, 0.6) is 5.75 Å². The molecule has 0 spiro atoms. The number of amides is 2. The zero-order valence-corrected chi connectivity index (χ0v) is 30.7. The molecule has 3 saturated carbocycles. The number of carbonyl (C=O) groups excluding carboxylic acids is 2. The zero-order valence-electron chi connectivity index (χ0n) is 29.9. The second-order valence-electron chi connectivity index (χ2n) is 14.9. The molecule has 6 rings (SSSR count). The summed E-state index contributed by atoms with van der Waals surface area (Å²) in [5, 5.41) is 28.5. The van der Waals surface area contributed by atoms with E-state index in [9.17, 15) is 28.2 Å². The number of ether oxygens (including phenoxy) is 1. The SMILES string of the molecule is COc1c(CN2O[C@@H](CO)[C@@H]([C@H](C)O)[C@H]2C(=O)N[C@H]2C[C@H]3C[C@@H]([C@@H]2C)C3(C)C)cccc1-c1cc(C(=O)NCCS(=O)(=O)O)cc(N(C)C)c1. The van der Waals surface area contributed by atoms with Gasteiger partial charge in [0, 0.05) is 55.0 Å². The topological polar surface area (TPSA) is 178 Å². The normalized spacial score (nSPS) is 28.0.